The van der Waals surface area contributed by atoms with Gasteiger partial charge in [-0.15, -0.1) is 0 Å². The molecule has 106 valence electrons. The van der Waals surface area contributed by atoms with Crippen molar-refractivity contribution in [2.24, 2.45) is 5.73 Å². The molecule has 5 nitrogen and oxygen atoms in total. The van der Waals surface area contributed by atoms with E-state index in [1.807, 2.05) is 0 Å². The summed E-state index contributed by atoms with van der Waals surface area (Å²) in [7, 11) is 0. The number of aliphatic carboxylic acids is 1. The molecule has 0 unspecified atom stereocenters. The summed E-state index contributed by atoms with van der Waals surface area (Å²) in [6, 6.07) is 1.72. The van der Waals surface area contributed by atoms with E-state index < -0.39 is 11.9 Å². The van der Waals surface area contributed by atoms with E-state index in [-0.39, 0.29) is 5.57 Å². The van der Waals surface area contributed by atoms with Gasteiger partial charge in [-0.25, -0.2) is 4.79 Å². The van der Waals surface area contributed by atoms with E-state index in [1.165, 1.54) is 6.42 Å². The van der Waals surface area contributed by atoms with Gasteiger partial charge in [-0.1, -0.05) is 32.8 Å². The van der Waals surface area contributed by atoms with E-state index in [9.17, 15) is 9.59 Å². The van der Waals surface area contributed by atoms with Crippen LogP contribution < -0.4 is 5.73 Å². The minimum absolute atomic E-state index is 0.0958. The molecule has 0 rings (SSSR count). The van der Waals surface area contributed by atoms with Crippen molar-refractivity contribution in [2.45, 2.75) is 46.0 Å². The van der Waals surface area contributed by atoms with Crippen LogP contribution in [-0.2, 0) is 9.59 Å². The molecular formula is C14H22N2O3. The number of carboxylic acid groups (broad SMARTS) is 1. The minimum atomic E-state index is -1.11. The van der Waals surface area contributed by atoms with Gasteiger partial charge in [0.25, 0.3) is 0 Å². The molecule has 19 heavy (non-hydrogen) atoms. The maximum Gasteiger partial charge on any atom is 0.346 e. The van der Waals surface area contributed by atoms with Gasteiger partial charge < -0.3 is 10.8 Å². The quantitative estimate of drug-likeness (QED) is 0.419. The van der Waals surface area contributed by atoms with Crippen LogP contribution in [0.25, 0.3) is 0 Å². The fourth-order valence-corrected chi connectivity index (χ4v) is 1.27. The summed E-state index contributed by atoms with van der Waals surface area (Å²) < 4.78 is 0. The second-order valence-electron chi connectivity index (χ2n) is 3.99. The number of nitrogens with two attached hydrogens (primary N) is 1. The molecule has 0 atom stereocenters. The van der Waals surface area contributed by atoms with Gasteiger partial charge in [0.05, 0.1) is 0 Å². The first-order chi connectivity index (χ1) is 8.90. The third-order valence-electron chi connectivity index (χ3n) is 2.36. The largest absolute Gasteiger partial charge is 0.477 e. The Morgan fingerprint density at radius 1 is 1.37 bits per heavy atom. The summed E-state index contributed by atoms with van der Waals surface area (Å²) in [5.41, 5.74) is 5.13. The van der Waals surface area contributed by atoms with Crippen LogP contribution >= 0.6 is 0 Å². The predicted octanol–water partition coefficient (Wildman–Crippen LogP) is 2.54. The van der Waals surface area contributed by atoms with Crippen molar-refractivity contribution < 1.29 is 14.7 Å². The summed E-state index contributed by atoms with van der Waals surface area (Å²) in [6.07, 6.45) is 6.18. The van der Waals surface area contributed by atoms with Gasteiger partial charge in [0.2, 0.25) is 5.91 Å². The first kappa shape index (κ1) is 19.3. The SMILES string of the molecule is C=CC(N)=O.CCCCCCC(C)=C(C#N)C(=O)O. The molecule has 0 saturated heterocycles. The average molecular weight is 266 g/mol. The number of nitrogens with zero attached hydrogens (tertiary/aromatic N) is 1. The first-order valence-corrected chi connectivity index (χ1v) is 6.15. The summed E-state index contributed by atoms with van der Waals surface area (Å²) in [4.78, 5) is 20.1. The lowest BCUT2D eigenvalue weighted by Crippen LogP contribution is -2.04. The van der Waals surface area contributed by atoms with Gasteiger partial charge in [-0.2, -0.15) is 5.26 Å². The Morgan fingerprint density at radius 2 is 1.89 bits per heavy atom. The number of carbonyl (C=O) groups is 2. The second kappa shape index (κ2) is 12.4. The van der Waals surface area contributed by atoms with Gasteiger partial charge in [0.1, 0.15) is 11.6 Å². The van der Waals surface area contributed by atoms with Gasteiger partial charge in [-0.3, -0.25) is 4.79 Å². The van der Waals surface area contributed by atoms with Crippen LogP contribution in [0.15, 0.2) is 23.8 Å². The van der Waals surface area contributed by atoms with Crippen LogP contribution in [0.2, 0.25) is 0 Å². The van der Waals surface area contributed by atoms with Crippen molar-refractivity contribution in [1.29, 1.82) is 5.26 Å². The monoisotopic (exact) mass is 266 g/mol. The molecule has 0 aromatic rings. The zero-order valence-corrected chi connectivity index (χ0v) is 11.6. The van der Waals surface area contributed by atoms with E-state index in [1.54, 1.807) is 13.0 Å². The van der Waals surface area contributed by atoms with Gasteiger partial charge in [0, 0.05) is 0 Å². The van der Waals surface area contributed by atoms with Crippen molar-refractivity contribution >= 4 is 11.9 Å². The number of nitriles is 1. The molecule has 0 spiro atoms. The third-order valence-corrected chi connectivity index (χ3v) is 2.36. The zero-order valence-electron chi connectivity index (χ0n) is 11.6. The van der Waals surface area contributed by atoms with Crippen molar-refractivity contribution in [3.05, 3.63) is 23.8 Å². The maximum atomic E-state index is 10.6. The van der Waals surface area contributed by atoms with Gasteiger partial charge >= 0.3 is 5.97 Å². The highest BCUT2D eigenvalue weighted by Crippen LogP contribution is 2.13. The highest BCUT2D eigenvalue weighted by molar-refractivity contribution is 5.91. The van der Waals surface area contributed by atoms with E-state index in [4.69, 9.17) is 10.4 Å². The number of hydrogen-bond donors (Lipinski definition) is 2. The first-order valence-electron chi connectivity index (χ1n) is 6.15. The molecule has 0 saturated carbocycles. The molecular weight excluding hydrogens is 244 g/mol. The molecule has 0 heterocycles. The van der Waals surface area contributed by atoms with Gasteiger partial charge in [-0.05, 0) is 31.4 Å². The lowest BCUT2D eigenvalue weighted by atomic mass is 10.0. The Balaban J connectivity index is 0. The lowest BCUT2D eigenvalue weighted by molar-refractivity contribution is -0.132. The van der Waals surface area contributed by atoms with E-state index >= 15 is 0 Å². The van der Waals surface area contributed by atoms with Crippen LogP contribution in [0, 0.1) is 11.3 Å². The molecule has 0 fully saturated rings. The fraction of sp³-hybridized carbons (Fsp3) is 0.500. The smallest absolute Gasteiger partial charge is 0.346 e. The number of rotatable bonds is 7. The van der Waals surface area contributed by atoms with E-state index in [0.717, 1.165) is 31.8 Å². The van der Waals surface area contributed by atoms with Crippen LogP contribution in [0.4, 0.5) is 0 Å². The molecule has 0 aromatic heterocycles. The Hall–Kier alpha value is -2.09. The summed E-state index contributed by atoms with van der Waals surface area (Å²) in [5.74, 6) is -1.59. The molecule has 0 bridgehead atoms. The van der Waals surface area contributed by atoms with Crippen molar-refractivity contribution in [3.8, 4) is 6.07 Å². The van der Waals surface area contributed by atoms with Gasteiger partial charge in [0.15, 0.2) is 0 Å². The average Bonchev–Trinajstić information content (AvgIpc) is 2.35. The predicted molar refractivity (Wildman–Crippen MR) is 74.1 cm³/mol. The fourth-order valence-electron chi connectivity index (χ4n) is 1.27. The molecule has 1 amide bonds. The number of amides is 1. The molecule has 3 N–H and O–H groups in total. The molecule has 0 aliphatic rings. The van der Waals surface area contributed by atoms with Crippen LogP contribution in [-0.4, -0.2) is 17.0 Å². The Bertz CT molecular complexity index is 379. The molecule has 0 radical (unpaired) electrons. The van der Waals surface area contributed by atoms with Crippen LogP contribution in [0.3, 0.4) is 0 Å². The minimum Gasteiger partial charge on any atom is -0.477 e. The summed E-state index contributed by atoms with van der Waals surface area (Å²) in [6.45, 7) is 6.93. The molecule has 0 aliphatic heterocycles. The molecule has 5 heteroatoms. The van der Waals surface area contributed by atoms with Crippen LogP contribution in [0.1, 0.15) is 46.0 Å². The van der Waals surface area contributed by atoms with E-state index in [2.05, 4.69) is 19.2 Å². The number of carboxylic acids is 1. The topological polar surface area (TPSA) is 104 Å². The van der Waals surface area contributed by atoms with Crippen molar-refractivity contribution in [3.63, 3.8) is 0 Å². The zero-order chi connectivity index (χ0) is 15.3. The number of primary amides is 1. The number of unbranched alkanes of at least 4 members (excludes halogenated alkanes) is 3. The standard InChI is InChI=1S/C11H17NO2.C3H5NO/c1-3-4-5-6-7-9(2)10(8-12)11(13)14;1-2-3(4)5/h3-7H2,1-2H3,(H,13,14);2H,1H2,(H2,4,5). The molecule has 0 aliphatic carbocycles. The van der Waals surface area contributed by atoms with Crippen molar-refractivity contribution in [1.82, 2.24) is 0 Å². The highest BCUT2D eigenvalue weighted by atomic mass is 16.4. The Labute approximate surface area is 114 Å². The third kappa shape index (κ3) is 12.2. The van der Waals surface area contributed by atoms with Crippen molar-refractivity contribution in [2.75, 3.05) is 0 Å². The second-order valence-corrected chi connectivity index (χ2v) is 3.99. The summed E-state index contributed by atoms with van der Waals surface area (Å²) >= 11 is 0. The molecule has 0 aromatic carbocycles. The number of carbonyl (C=O) groups excluding carboxylic acids is 1. The van der Waals surface area contributed by atoms with Crippen LogP contribution in [0.5, 0.6) is 0 Å². The van der Waals surface area contributed by atoms with E-state index in [0.29, 0.717) is 5.57 Å². The lowest BCUT2D eigenvalue weighted by Gasteiger charge is -2.01. The number of hydrogen-bond acceptors (Lipinski definition) is 3. The Morgan fingerprint density at radius 3 is 2.21 bits per heavy atom. The summed E-state index contributed by atoms with van der Waals surface area (Å²) in [5, 5.41) is 17.2. The number of allylic oxidation sites excluding steroid dienone is 1. The Kier molecular flexibility index (Phi) is 12.5. The normalized spacial score (nSPS) is 10.4. The maximum absolute atomic E-state index is 10.6. The highest BCUT2D eigenvalue weighted by Gasteiger charge is 2.09.